The van der Waals surface area contributed by atoms with E-state index in [1.807, 2.05) is 0 Å². The Morgan fingerprint density at radius 3 is 2.21 bits per heavy atom. The first-order chi connectivity index (χ1) is 13.3. The number of nitrogens with one attached hydrogen (secondary N) is 2. The quantitative estimate of drug-likeness (QED) is 0.402. The molecule has 0 atom stereocenters. The number of anilines is 1. The van der Waals surface area contributed by atoms with Crippen molar-refractivity contribution >= 4 is 44.8 Å². The maximum atomic E-state index is 12.6. The molecule has 3 N–H and O–H groups in total. The van der Waals surface area contributed by atoms with Crippen LogP contribution in [0.2, 0.25) is 10.0 Å². The van der Waals surface area contributed by atoms with Gasteiger partial charge >= 0.3 is 0 Å². The Hall–Kier alpha value is -2.58. The summed E-state index contributed by atoms with van der Waals surface area (Å²) in [5, 5.41) is 9.07. The monoisotopic (exact) mass is 436 g/mol. The molecular formula is C19H14Cl2N2O4S. The molecule has 0 radical (unpaired) electrons. The topological polar surface area (TPSA) is 95.5 Å². The second kappa shape index (κ2) is 8.20. The summed E-state index contributed by atoms with van der Waals surface area (Å²) in [6, 6.07) is 17.3. The van der Waals surface area contributed by atoms with Crippen LogP contribution in [0, 0.1) is 0 Å². The highest BCUT2D eigenvalue weighted by Gasteiger charge is 2.16. The van der Waals surface area contributed by atoms with Crippen LogP contribution >= 0.6 is 23.2 Å². The number of carbonyl (C=O) groups is 1. The van der Waals surface area contributed by atoms with Crippen molar-refractivity contribution in [3.8, 4) is 11.1 Å². The van der Waals surface area contributed by atoms with Gasteiger partial charge in [0.05, 0.1) is 14.9 Å². The number of rotatable bonds is 5. The summed E-state index contributed by atoms with van der Waals surface area (Å²) in [7, 11) is -3.85. The van der Waals surface area contributed by atoms with Crippen LogP contribution in [0.25, 0.3) is 11.1 Å². The molecule has 6 nitrogen and oxygen atoms in total. The van der Waals surface area contributed by atoms with E-state index in [2.05, 4.69) is 4.72 Å². The molecule has 0 aliphatic rings. The minimum absolute atomic E-state index is 0.00771. The molecule has 144 valence electrons. The fourth-order valence-electron chi connectivity index (χ4n) is 2.50. The van der Waals surface area contributed by atoms with Crippen LogP contribution in [0.1, 0.15) is 10.4 Å². The van der Waals surface area contributed by atoms with Gasteiger partial charge < -0.3 is 0 Å². The van der Waals surface area contributed by atoms with Crippen LogP contribution in [0.3, 0.4) is 0 Å². The zero-order valence-corrected chi connectivity index (χ0v) is 16.5. The lowest BCUT2D eigenvalue weighted by Crippen LogP contribution is -2.18. The normalized spacial score (nSPS) is 11.1. The van der Waals surface area contributed by atoms with E-state index < -0.39 is 15.9 Å². The van der Waals surface area contributed by atoms with Crippen LogP contribution in [0.4, 0.5) is 5.69 Å². The van der Waals surface area contributed by atoms with Gasteiger partial charge in [-0.2, -0.15) is 0 Å². The number of benzene rings is 3. The lowest BCUT2D eigenvalue weighted by molar-refractivity contribution is 0.0706. The molecule has 3 rings (SSSR count). The van der Waals surface area contributed by atoms with Gasteiger partial charge in [-0.05, 0) is 53.6 Å². The molecule has 28 heavy (non-hydrogen) atoms. The summed E-state index contributed by atoms with van der Waals surface area (Å²) in [6.07, 6.45) is 0. The van der Waals surface area contributed by atoms with Crippen LogP contribution in [0.15, 0.2) is 71.6 Å². The van der Waals surface area contributed by atoms with Crippen LogP contribution in [-0.4, -0.2) is 19.5 Å². The Balaban J connectivity index is 1.87. The molecular weight excluding hydrogens is 423 g/mol. The largest absolute Gasteiger partial charge is 0.288 e. The third kappa shape index (κ3) is 4.45. The Morgan fingerprint density at radius 1 is 0.857 bits per heavy atom. The predicted molar refractivity (Wildman–Crippen MR) is 108 cm³/mol. The molecule has 0 aliphatic heterocycles. The fourth-order valence-corrected chi connectivity index (χ4v) is 3.94. The Labute approximate surface area is 171 Å². The zero-order chi connectivity index (χ0) is 20.3. The highest BCUT2D eigenvalue weighted by Crippen LogP contribution is 2.28. The predicted octanol–water partition coefficient (Wildman–Crippen LogP) is 4.58. The number of sulfonamides is 1. The number of carbonyl (C=O) groups excluding carboxylic acids is 1. The number of amides is 1. The molecule has 0 spiro atoms. The van der Waals surface area contributed by atoms with Gasteiger partial charge in [0.2, 0.25) is 0 Å². The van der Waals surface area contributed by atoms with Crippen molar-refractivity contribution in [2.24, 2.45) is 0 Å². The van der Waals surface area contributed by atoms with Gasteiger partial charge in [0.15, 0.2) is 0 Å². The number of halogens is 2. The molecule has 0 aliphatic carbocycles. The fraction of sp³-hybridized carbons (Fsp3) is 0. The van der Waals surface area contributed by atoms with Crippen LogP contribution in [-0.2, 0) is 10.0 Å². The van der Waals surface area contributed by atoms with E-state index in [4.69, 9.17) is 28.4 Å². The molecule has 0 bridgehead atoms. The number of hydrogen-bond donors (Lipinski definition) is 3. The van der Waals surface area contributed by atoms with Crippen molar-refractivity contribution in [1.29, 1.82) is 0 Å². The lowest BCUT2D eigenvalue weighted by atomic mass is 10.0. The van der Waals surface area contributed by atoms with Crippen molar-refractivity contribution in [2.45, 2.75) is 4.90 Å². The summed E-state index contributed by atoms with van der Waals surface area (Å²) in [5.74, 6) is -0.616. The molecule has 1 amide bonds. The van der Waals surface area contributed by atoms with Crippen LogP contribution in [0.5, 0.6) is 0 Å². The molecule has 0 saturated carbocycles. The molecule has 0 aromatic heterocycles. The third-order valence-electron chi connectivity index (χ3n) is 3.90. The summed E-state index contributed by atoms with van der Waals surface area (Å²) < 4.78 is 27.7. The second-order valence-corrected chi connectivity index (χ2v) is 8.28. The van der Waals surface area contributed by atoms with Gasteiger partial charge in [-0.1, -0.05) is 47.5 Å². The van der Waals surface area contributed by atoms with Gasteiger partial charge in [0.25, 0.3) is 15.9 Å². The maximum Gasteiger partial charge on any atom is 0.274 e. The molecule has 0 saturated heterocycles. The minimum atomic E-state index is -3.85. The van der Waals surface area contributed by atoms with Crippen molar-refractivity contribution in [1.82, 2.24) is 5.48 Å². The lowest BCUT2D eigenvalue weighted by Gasteiger charge is -2.11. The first kappa shape index (κ1) is 20.2. The van der Waals surface area contributed by atoms with Gasteiger partial charge in [-0.3, -0.25) is 14.7 Å². The summed E-state index contributed by atoms with van der Waals surface area (Å²) in [5.41, 5.74) is 3.73. The summed E-state index contributed by atoms with van der Waals surface area (Å²) in [4.78, 5) is 11.4. The molecule has 0 fully saturated rings. The second-order valence-electron chi connectivity index (χ2n) is 5.78. The SMILES string of the molecule is O=C(NO)c1ccc(-c2cccc(NS(=O)(=O)c3ccc(Cl)c(Cl)c3)c2)cc1. The smallest absolute Gasteiger partial charge is 0.274 e. The number of hydrogen-bond acceptors (Lipinski definition) is 4. The minimum Gasteiger partial charge on any atom is -0.288 e. The van der Waals surface area contributed by atoms with Crippen LogP contribution < -0.4 is 10.2 Å². The highest BCUT2D eigenvalue weighted by atomic mass is 35.5. The third-order valence-corrected chi connectivity index (χ3v) is 6.02. The van der Waals surface area contributed by atoms with E-state index in [1.165, 1.54) is 18.2 Å². The van der Waals surface area contributed by atoms with Gasteiger partial charge in [0.1, 0.15) is 0 Å². The molecule has 0 unspecified atom stereocenters. The van der Waals surface area contributed by atoms with Crippen molar-refractivity contribution < 1.29 is 18.4 Å². The summed E-state index contributed by atoms with van der Waals surface area (Å²) >= 11 is 11.7. The van der Waals surface area contributed by atoms with Gasteiger partial charge in [-0.15, -0.1) is 0 Å². The first-order valence-electron chi connectivity index (χ1n) is 7.93. The van der Waals surface area contributed by atoms with E-state index in [1.54, 1.807) is 54.0 Å². The van der Waals surface area contributed by atoms with E-state index in [-0.39, 0.29) is 14.9 Å². The van der Waals surface area contributed by atoms with E-state index in [0.717, 1.165) is 11.1 Å². The molecule has 9 heteroatoms. The molecule has 3 aromatic carbocycles. The van der Waals surface area contributed by atoms with E-state index >= 15 is 0 Å². The van der Waals surface area contributed by atoms with Gasteiger partial charge in [-0.25, -0.2) is 13.9 Å². The highest BCUT2D eigenvalue weighted by molar-refractivity contribution is 7.92. The zero-order valence-electron chi connectivity index (χ0n) is 14.2. The Morgan fingerprint density at radius 2 is 1.57 bits per heavy atom. The maximum absolute atomic E-state index is 12.6. The average Bonchev–Trinajstić information content (AvgIpc) is 2.69. The Bertz CT molecular complexity index is 1130. The van der Waals surface area contributed by atoms with Crippen molar-refractivity contribution in [2.75, 3.05) is 4.72 Å². The number of hydroxylamine groups is 1. The van der Waals surface area contributed by atoms with E-state index in [9.17, 15) is 13.2 Å². The standard InChI is InChI=1S/C19H14Cl2N2O4S/c20-17-9-8-16(11-18(17)21)28(26,27)23-15-3-1-2-14(10-15)12-4-6-13(7-5-12)19(24)22-25/h1-11,23,25H,(H,22,24). The first-order valence-corrected chi connectivity index (χ1v) is 10.2. The summed E-state index contributed by atoms with van der Waals surface area (Å²) in [6.45, 7) is 0. The van der Waals surface area contributed by atoms with Gasteiger partial charge in [0, 0.05) is 11.3 Å². The molecule has 3 aromatic rings. The van der Waals surface area contributed by atoms with Crippen molar-refractivity contribution in [3.63, 3.8) is 0 Å². The molecule has 0 heterocycles. The van der Waals surface area contributed by atoms with E-state index in [0.29, 0.717) is 11.3 Å². The average molecular weight is 437 g/mol. The Kier molecular flexibility index (Phi) is 5.90. The van der Waals surface area contributed by atoms with Crippen molar-refractivity contribution in [3.05, 3.63) is 82.3 Å².